The van der Waals surface area contributed by atoms with Crippen LogP contribution in [0.1, 0.15) is 5.69 Å². The Hall–Kier alpha value is -2.54. The van der Waals surface area contributed by atoms with Crippen molar-refractivity contribution in [3.8, 4) is 0 Å². The number of benzene rings is 1. The summed E-state index contributed by atoms with van der Waals surface area (Å²) in [5.41, 5.74) is 7.48. The number of nitrogens with two attached hydrogens (primary N) is 1. The van der Waals surface area contributed by atoms with Gasteiger partial charge >= 0.3 is 0 Å². The van der Waals surface area contributed by atoms with E-state index in [0.717, 1.165) is 5.52 Å². The number of pyridine rings is 1. The Morgan fingerprint density at radius 1 is 1.25 bits per heavy atom. The molecule has 0 aliphatic rings. The van der Waals surface area contributed by atoms with Crippen LogP contribution in [0, 0.1) is 0 Å². The molecule has 0 amide bonds. The minimum absolute atomic E-state index is 0.0517. The van der Waals surface area contributed by atoms with E-state index >= 15 is 0 Å². The molecule has 2 aromatic heterocycles. The first kappa shape index (κ1) is 12.5. The smallest absolute Gasteiger partial charge is 0.261 e. The topological polar surface area (TPSA) is 97.5 Å². The van der Waals surface area contributed by atoms with Crippen molar-refractivity contribution in [1.82, 2.24) is 9.97 Å². The Morgan fingerprint density at radius 3 is 2.90 bits per heavy atom. The number of fused-ring (bicyclic) bond motifs is 1. The molecule has 0 aliphatic heterocycles. The van der Waals surface area contributed by atoms with Crippen molar-refractivity contribution in [2.75, 3.05) is 0 Å². The third-order valence-electron chi connectivity index (χ3n) is 2.59. The van der Waals surface area contributed by atoms with E-state index in [1.54, 1.807) is 18.3 Å². The van der Waals surface area contributed by atoms with Crippen LogP contribution in [0.25, 0.3) is 11.1 Å². The lowest BCUT2D eigenvalue weighted by atomic mass is 10.3. The van der Waals surface area contributed by atoms with Gasteiger partial charge in [-0.1, -0.05) is 17.3 Å². The van der Waals surface area contributed by atoms with Gasteiger partial charge in [0.15, 0.2) is 11.4 Å². The van der Waals surface area contributed by atoms with E-state index in [0.29, 0.717) is 21.4 Å². The summed E-state index contributed by atoms with van der Waals surface area (Å²) < 4.78 is 5.62. The Bertz CT molecular complexity index is 752. The van der Waals surface area contributed by atoms with E-state index in [1.165, 1.54) is 11.8 Å². The molecule has 0 spiro atoms. The maximum absolute atomic E-state index is 8.77. The van der Waals surface area contributed by atoms with Crippen molar-refractivity contribution in [3.63, 3.8) is 0 Å². The van der Waals surface area contributed by atoms with E-state index in [9.17, 15) is 0 Å². The van der Waals surface area contributed by atoms with Crippen molar-refractivity contribution >= 4 is 28.7 Å². The van der Waals surface area contributed by atoms with E-state index in [1.807, 2.05) is 24.3 Å². The van der Waals surface area contributed by atoms with Gasteiger partial charge in [-0.2, -0.15) is 0 Å². The van der Waals surface area contributed by atoms with E-state index < -0.39 is 0 Å². The van der Waals surface area contributed by atoms with Crippen LogP contribution < -0.4 is 5.73 Å². The van der Waals surface area contributed by atoms with Gasteiger partial charge in [-0.05, 0) is 36.0 Å². The number of nitrogens with zero attached hydrogens (tertiary/aromatic N) is 3. The molecule has 7 heteroatoms. The molecule has 0 aliphatic carbocycles. The zero-order valence-electron chi connectivity index (χ0n) is 10.2. The summed E-state index contributed by atoms with van der Waals surface area (Å²) in [5.74, 6) is -0.0517. The maximum Gasteiger partial charge on any atom is 0.261 e. The van der Waals surface area contributed by atoms with Gasteiger partial charge in [-0.25, -0.2) is 4.98 Å². The first-order valence-electron chi connectivity index (χ1n) is 5.74. The van der Waals surface area contributed by atoms with Crippen LogP contribution in [0.4, 0.5) is 0 Å². The second-order valence-electron chi connectivity index (χ2n) is 3.88. The minimum Gasteiger partial charge on any atom is -0.431 e. The molecule has 3 rings (SSSR count). The summed E-state index contributed by atoms with van der Waals surface area (Å²) in [6, 6.07) is 11.1. The number of para-hydroxylation sites is 2. The number of rotatable bonds is 3. The molecule has 0 atom stereocenters. The summed E-state index contributed by atoms with van der Waals surface area (Å²) in [6.45, 7) is 0. The van der Waals surface area contributed by atoms with Crippen molar-refractivity contribution in [2.45, 2.75) is 10.1 Å². The van der Waals surface area contributed by atoms with Crippen molar-refractivity contribution in [1.29, 1.82) is 0 Å². The number of amidine groups is 1. The van der Waals surface area contributed by atoms with Crippen molar-refractivity contribution in [2.24, 2.45) is 10.9 Å². The maximum atomic E-state index is 8.77. The molecule has 1 aromatic carbocycles. The van der Waals surface area contributed by atoms with Gasteiger partial charge < -0.3 is 15.4 Å². The average Bonchev–Trinajstić information content (AvgIpc) is 2.89. The monoisotopic (exact) mass is 286 g/mol. The molecule has 100 valence electrons. The molecule has 2 heterocycles. The molecule has 0 fully saturated rings. The highest BCUT2D eigenvalue weighted by atomic mass is 32.2. The number of hydrogen-bond acceptors (Lipinski definition) is 6. The van der Waals surface area contributed by atoms with Crippen LogP contribution in [0.2, 0.25) is 0 Å². The van der Waals surface area contributed by atoms with E-state index in [2.05, 4.69) is 15.1 Å². The SMILES string of the molecule is N/C(=N/O)c1ncccc1Sc1nc2ccccc2o1. The number of oxime groups is 1. The molecule has 3 aromatic rings. The lowest BCUT2D eigenvalue weighted by molar-refractivity contribution is 0.318. The molecular weight excluding hydrogens is 276 g/mol. The summed E-state index contributed by atoms with van der Waals surface area (Å²) in [5, 5.41) is 12.2. The van der Waals surface area contributed by atoms with Crippen LogP contribution in [-0.4, -0.2) is 21.0 Å². The van der Waals surface area contributed by atoms with Gasteiger partial charge in [0.1, 0.15) is 11.2 Å². The summed E-state index contributed by atoms with van der Waals surface area (Å²) in [4.78, 5) is 9.16. The van der Waals surface area contributed by atoms with Gasteiger partial charge in [0.25, 0.3) is 5.22 Å². The lowest BCUT2D eigenvalue weighted by Gasteiger charge is -2.03. The van der Waals surface area contributed by atoms with Gasteiger partial charge in [0.2, 0.25) is 0 Å². The number of aromatic nitrogens is 2. The number of hydrogen-bond donors (Lipinski definition) is 2. The molecular formula is C13H10N4O2S. The predicted molar refractivity (Wildman–Crippen MR) is 74.9 cm³/mol. The average molecular weight is 286 g/mol. The summed E-state index contributed by atoms with van der Waals surface area (Å²) in [7, 11) is 0. The Balaban J connectivity index is 1.99. The fourth-order valence-electron chi connectivity index (χ4n) is 1.70. The third kappa shape index (κ3) is 2.30. The van der Waals surface area contributed by atoms with Crippen molar-refractivity contribution in [3.05, 3.63) is 48.3 Å². The Kier molecular flexibility index (Phi) is 3.26. The Morgan fingerprint density at radius 2 is 2.10 bits per heavy atom. The first-order chi connectivity index (χ1) is 9.78. The fraction of sp³-hybridized carbons (Fsp3) is 0. The molecule has 0 saturated carbocycles. The van der Waals surface area contributed by atoms with Crippen LogP contribution in [0.3, 0.4) is 0 Å². The van der Waals surface area contributed by atoms with Gasteiger partial charge in [0.05, 0.1) is 0 Å². The molecule has 6 nitrogen and oxygen atoms in total. The quantitative estimate of drug-likeness (QED) is 0.332. The largest absolute Gasteiger partial charge is 0.431 e. The van der Waals surface area contributed by atoms with Crippen LogP contribution >= 0.6 is 11.8 Å². The van der Waals surface area contributed by atoms with Crippen LogP contribution in [-0.2, 0) is 0 Å². The fourth-order valence-corrected chi connectivity index (χ4v) is 2.57. The first-order valence-corrected chi connectivity index (χ1v) is 6.56. The zero-order chi connectivity index (χ0) is 13.9. The van der Waals surface area contributed by atoms with E-state index in [-0.39, 0.29) is 5.84 Å². The Labute approximate surface area is 118 Å². The van der Waals surface area contributed by atoms with Crippen LogP contribution in [0.5, 0.6) is 0 Å². The molecule has 0 bridgehead atoms. The number of oxazole rings is 1. The van der Waals surface area contributed by atoms with E-state index in [4.69, 9.17) is 15.4 Å². The lowest BCUT2D eigenvalue weighted by Crippen LogP contribution is -2.15. The third-order valence-corrected chi connectivity index (χ3v) is 3.49. The highest BCUT2D eigenvalue weighted by Gasteiger charge is 2.13. The van der Waals surface area contributed by atoms with Gasteiger partial charge in [0, 0.05) is 11.1 Å². The second-order valence-corrected chi connectivity index (χ2v) is 4.88. The predicted octanol–water partition coefficient (Wildman–Crippen LogP) is 2.47. The normalized spacial score (nSPS) is 11.9. The molecule has 0 saturated heterocycles. The highest BCUT2D eigenvalue weighted by Crippen LogP contribution is 2.31. The molecule has 0 unspecified atom stereocenters. The standard InChI is InChI=1S/C13H10N4O2S/c14-12(17-18)11-10(6-3-7-15-11)20-13-16-8-4-1-2-5-9(8)19-13/h1-7,18H,(H2,14,17). The molecule has 20 heavy (non-hydrogen) atoms. The highest BCUT2D eigenvalue weighted by molar-refractivity contribution is 7.99. The van der Waals surface area contributed by atoms with Gasteiger partial charge in [-0.3, -0.25) is 4.98 Å². The summed E-state index contributed by atoms with van der Waals surface area (Å²) in [6.07, 6.45) is 1.57. The second kappa shape index (κ2) is 5.22. The minimum atomic E-state index is -0.0517. The van der Waals surface area contributed by atoms with Gasteiger partial charge in [-0.15, -0.1) is 0 Å². The van der Waals surface area contributed by atoms with Crippen molar-refractivity contribution < 1.29 is 9.62 Å². The molecule has 3 N–H and O–H groups in total. The zero-order valence-corrected chi connectivity index (χ0v) is 11.0. The summed E-state index contributed by atoms with van der Waals surface area (Å²) >= 11 is 1.27. The van der Waals surface area contributed by atoms with Crippen LogP contribution in [0.15, 0.2) is 62.3 Å². The molecule has 0 radical (unpaired) electrons.